The molecule has 0 saturated heterocycles. The van der Waals surface area contributed by atoms with Crippen LogP contribution in [0.5, 0.6) is 0 Å². The minimum absolute atomic E-state index is 0.0765. The Bertz CT molecular complexity index is 959. The maximum absolute atomic E-state index is 13.8. The quantitative estimate of drug-likeness (QED) is 0.578. The summed E-state index contributed by atoms with van der Waals surface area (Å²) in [7, 11) is 1.47. The summed E-state index contributed by atoms with van der Waals surface area (Å²) >= 11 is 6.00. The average molecular weight is 380 g/mol. The van der Waals surface area contributed by atoms with Crippen molar-refractivity contribution in [2.75, 3.05) is 4.90 Å². The van der Waals surface area contributed by atoms with E-state index in [1.54, 1.807) is 24.3 Å². The number of alkyl halides is 2. The van der Waals surface area contributed by atoms with Crippen LogP contribution in [0.2, 0.25) is 5.02 Å². The monoisotopic (exact) mass is 379 g/mol. The summed E-state index contributed by atoms with van der Waals surface area (Å²) in [5.74, 6) is -0.533. The molecule has 3 aromatic rings. The molecule has 0 bridgehead atoms. The average Bonchev–Trinajstić information content (AvgIpc) is 2.98. The molecular weight excluding hydrogens is 367 g/mol. The molecule has 1 heterocycles. The standard InChI is InChI=1S/C18H13ClF3N3O/c1-24-9-16(17(23-24)18(21)22)25(10-26)15-6-5-13(20)8-14(15)11-3-2-4-12(19)7-11/h2-10,18H,1H3. The Kier molecular flexibility index (Phi) is 4.99. The van der Waals surface area contributed by atoms with Crippen molar-refractivity contribution in [3.05, 3.63) is 65.2 Å². The predicted molar refractivity (Wildman–Crippen MR) is 93.2 cm³/mol. The van der Waals surface area contributed by atoms with E-state index < -0.39 is 17.9 Å². The van der Waals surface area contributed by atoms with Gasteiger partial charge in [-0.3, -0.25) is 14.4 Å². The molecule has 0 aliphatic carbocycles. The summed E-state index contributed by atoms with van der Waals surface area (Å²) in [4.78, 5) is 12.8. The SMILES string of the molecule is Cn1cc(N(C=O)c2ccc(F)cc2-c2cccc(Cl)c2)c(C(F)F)n1. The van der Waals surface area contributed by atoms with Gasteiger partial charge in [0, 0.05) is 23.8 Å². The van der Waals surface area contributed by atoms with Crippen molar-refractivity contribution in [1.82, 2.24) is 9.78 Å². The van der Waals surface area contributed by atoms with Crippen LogP contribution in [0.15, 0.2) is 48.7 Å². The number of aromatic nitrogens is 2. The van der Waals surface area contributed by atoms with Gasteiger partial charge < -0.3 is 0 Å². The summed E-state index contributed by atoms with van der Waals surface area (Å²) in [5, 5.41) is 4.13. The topological polar surface area (TPSA) is 38.1 Å². The Labute approximate surface area is 152 Å². The van der Waals surface area contributed by atoms with Gasteiger partial charge in [0.2, 0.25) is 6.41 Å². The molecule has 0 N–H and O–H groups in total. The van der Waals surface area contributed by atoms with Gasteiger partial charge >= 0.3 is 0 Å². The fourth-order valence-electron chi connectivity index (χ4n) is 2.68. The molecule has 0 spiro atoms. The number of hydrogen-bond acceptors (Lipinski definition) is 2. The van der Waals surface area contributed by atoms with Crippen LogP contribution in [0.25, 0.3) is 11.1 Å². The number of nitrogens with zero attached hydrogens (tertiary/aromatic N) is 3. The lowest BCUT2D eigenvalue weighted by Crippen LogP contribution is -2.16. The van der Waals surface area contributed by atoms with Gasteiger partial charge in [-0.1, -0.05) is 23.7 Å². The molecule has 8 heteroatoms. The molecule has 0 saturated carbocycles. The van der Waals surface area contributed by atoms with E-state index in [0.717, 1.165) is 11.0 Å². The van der Waals surface area contributed by atoms with Crippen LogP contribution in [0, 0.1) is 5.82 Å². The summed E-state index contributed by atoms with van der Waals surface area (Å²) in [5.41, 5.74) is 0.497. The molecule has 26 heavy (non-hydrogen) atoms. The summed E-state index contributed by atoms with van der Waals surface area (Å²) in [6, 6.07) is 10.3. The fourth-order valence-corrected chi connectivity index (χ4v) is 2.87. The van der Waals surface area contributed by atoms with E-state index in [9.17, 15) is 18.0 Å². The van der Waals surface area contributed by atoms with E-state index in [2.05, 4.69) is 5.10 Å². The molecule has 1 amide bonds. The van der Waals surface area contributed by atoms with Crippen LogP contribution in [0.1, 0.15) is 12.1 Å². The molecule has 0 fully saturated rings. The summed E-state index contributed by atoms with van der Waals surface area (Å²) in [6.07, 6.45) is -1.17. The largest absolute Gasteiger partial charge is 0.284 e. The Balaban J connectivity index is 2.21. The number of aryl methyl sites for hydroxylation is 1. The van der Waals surface area contributed by atoms with Crippen LogP contribution in [-0.2, 0) is 11.8 Å². The van der Waals surface area contributed by atoms with Gasteiger partial charge in [0.05, 0.1) is 11.4 Å². The lowest BCUT2D eigenvalue weighted by molar-refractivity contribution is -0.106. The third kappa shape index (κ3) is 3.43. The van der Waals surface area contributed by atoms with E-state index in [1.807, 2.05) is 0 Å². The number of rotatable bonds is 5. The molecule has 0 radical (unpaired) electrons. The Morgan fingerprint density at radius 3 is 2.62 bits per heavy atom. The van der Waals surface area contributed by atoms with Crippen molar-refractivity contribution in [1.29, 1.82) is 0 Å². The summed E-state index contributed by atoms with van der Waals surface area (Å²) < 4.78 is 41.6. The molecule has 0 aliphatic rings. The van der Waals surface area contributed by atoms with E-state index in [4.69, 9.17) is 11.6 Å². The van der Waals surface area contributed by atoms with E-state index >= 15 is 0 Å². The maximum Gasteiger partial charge on any atom is 0.284 e. The first-order valence-corrected chi connectivity index (χ1v) is 7.90. The molecule has 134 valence electrons. The second kappa shape index (κ2) is 7.21. The summed E-state index contributed by atoms with van der Waals surface area (Å²) in [6.45, 7) is 0. The first-order valence-electron chi connectivity index (χ1n) is 7.52. The zero-order valence-electron chi connectivity index (χ0n) is 13.5. The predicted octanol–water partition coefficient (Wildman–Crippen LogP) is 5.11. The molecular formula is C18H13ClF3N3O. The van der Waals surface area contributed by atoms with Gasteiger partial charge in [0.1, 0.15) is 5.82 Å². The minimum atomic E-state index is -2.87. The number of benzene rings is 2. The van der Waals surface area contributed by atoms with Crippen molar-refractivity contribution in [2.24, 2.45) is 7.05 Å². The van der Waals surface area contributed by atoms with Crippen LogP contribution in [0.4, 0.5) is 24.5 Å². The zero-order valence-corrected chi connectivity index (χ0v) is 14.3. The molecule has 0 aliphatic heterocycles. The third-order valence-corrected chi connectivity index (χ3v) is 4.00. The van der Waals surface area contributed by atoms with Gasteiger partial charge in [0.25, 0.3) is 6.43 Å². The van der Waals surface area contributed by atoms with Crippen molar-refractivity contribution in [3.63, 3.8) is 0 Å². The Morgan fingerprint density at radius 2 is 1.96 bits per heavy atom. The Morgan fingerprint density at radius 1 is 1.19 bits per heavy atom. The second-order valence-electron chi connectivity index (χ2n) is 5.52. The lowest BCUT2D eigenvalue weighted by atomic mass is 10.0. The van der Waals surface area contributed by atoms with Crippen LogP contribution < -0.4 is 4.90 Å². The van der Waals surface area contributed by atoms with Gasteiger partial charge in [-0.15, -0.1) is 0 Å². The van der Waals surface area contributed by atoms with Gasteiger partial charge in [-0.05, 0) is 35.9 Å². The highest BCUT2D eigenvalue weighted by atomic mass is 35.5. The normalized spacial score (nSPS) is 11.0. The smallest absolute Gasteiger partial charge is 0.279 e. The number of carbonyl (C=O) groups excluding carboxylic acids is 1. The molecule has 2 aromatic carbocycles. The van der Waals surface area contributed by atoms with Gasteiger partial charge in [-0.2, -0.15) is 5.10 Å². The first-order chi connectivity index (χ1) is 12.4. The highest BCUT2D eigenvalue weighted by Gasteiger charge is 2.25. The van der Waals surface area contributed by atoms with Crippen LogP contribution >= 0.6 is 11.6 Å². The van der Waals surface area contributed by atoms with Crippen molar-refractivity contribution in [2.45, 2.75) is 6.43 Å². The lowest BCUT2D eigenvalue weighted by Gasteiger charge is -2.21. The first kappa shape index (κ1) is 18.0. The molecule has 1 aromatic heterocycles. The third-order valence-electron chi connectivity index (χ3n) is 3.76. The highest BCUT2D eigenvalue weighted by Crippen LogP contribution is 2.38. The molecule has 0 unspecified atom stereocenters. The van der Waals surface area contributed by atoms with Gasteiger partial charge in [-0.25, -0.2) is 13.2 Å². The van der Waals surface area contributed by atoms with E-state index in [-0.39, 0.29) is 11.4 Å². The second-order valence-corrected chi connectivity index (χ2v) is 5.96. The fraction of sp³-hybridized carbons (Fsp3) is 0.111. The Hall–Kier alpha value is -2.80. The maximum atomic E-state index is 13.8. The number of halogens is 4. The zero-order chi connectivity index (χ0) is 18.8. The van der Waals surface area contributed by atoms with E-state index in [0.29, 0.717) is 22.6 Å². The van der Waals surface area contributed by atoms with E-state index in [1.165, 1.54) is 30.1 Å². The molecule has 0 atom stereocenters. The molecule has 4 nitrogen and oxygen atoms in total. The number of anilines is 2. The van der Waals surface area contributed by atoms with Crippen LogP contribution in [-0.4, -0.2) is 16.2 Å². The van der Waals surface area contributed by atoms with Gasteiger partial charge in [0.15, 0.2) is 5.69 Å². The minimum Gasteiger partial charge on any atom is -0.279 e. The van der Waals surface area contributed by atoms with Crippen molar-refractivity contribution in [3.8, 4) is 11.1 Å². The van der Waals surface area contributed by atoms with Crippen LogP contribution in [0.3, 0.4) is 0 Å². The van der Waals surface area contributed by atoms with Crippen molar-refractivity contribution >= 4 is 29.4 Å². The number of amides is 1. The number of carbonyl (C=O) groups is 1. The highest BCUT2D eigenvalue weighted by molar-refractivity contribution is 6.30. The molecule has 3 rings (SSSR count). The number of hydrogen-bond donors (Lipinski definition) is 0. The van der Waals surface area contributed by atoms with Crippen molar-refractivity contribution < 1.29 is 18.0 Å².